The molecule has 0 fully saturated rings. The number of benzene rings is 6. The molecule has 2 heterocycles. The van der Waals surface area contributed by atoms with Crippen molar-refractivity contribution in [3.05, 3.63) is 267 Å². The first kappa shape index (κ1) is 127. The van der Waals surface area contributed by atoms with E-state index in [1.807, 2.05) is 58.1 Å². The second kappa shape index (κ2) is 67.8. The van der Waals surface area contributed by atoms with Crippen molar-refractivity contribution in [2.45, 2.75) is 421 Å². The predicted molar refractivity (Wildman–Crippen MR) is 604 cm³/mol. The van der Waals surface area contributed by atoms with E-state index in [2.05, 4.69) is 199 Å². The lowest BCUT2D eigenvalue weighted by Gasteiger charge is -2.32. The number of aromatic hydroxyl groups is 10. The summed E-state index contributed by atoms with van der Waals surface area (Å²) >= 11 is 0. The summed E-state index contributed by atoms with van der Waals surface area (Å²) in [4.78, 5) is 34.8. The van der Waals surface area contributed by atoms with Gasteiger partial charge in [-0.2, -0.15) is 0 Å². The maximum atomic E-state index is 11.7. The molecule has 0 aromatic heterocycles. The van der Waals surface area contributed by atoms with E-state index < -0.39 is 23.5 Å². The zero-order valence-corrected chi connectivity index (χ0v) is 93.0. The zero-order chi connectivity index (χ0) is 109. The number of fused-ring (bicyclic) bond motifs is 2. The number of phenolic OH excluding ortho intramolecular Hbond substituents is 7. The minimum atomic E-state index is -1.16. The summed E-state index contributed by atoms with van der Waals surface area (Å²) in [6.45, 7) is 50.1. The largest absolute Gasteiger partial charge is 0.508 e. The van der Waals surface area contributed by atoms with Crippen LogP contribution < -0.4 is 9.47 Å². The average molecular weight is 2000 g/mol. The van der Waals surface area contributed by atoms with Crippen LogP contribution in [-0.4, -0.2) is 95.5 Å². The maximum absolute atomic E-state index is 11.7. The van der Waals surface area contributed by atoms with Crippen molar-refractivity contribution in [3.8, 4) is 69.0 Å². The Balaban J connectivity index is 0.000000448. The minimum Gasteiger partial charge on any atom is -0.508 e. The highest BCUT2D eigenvalue weighted by Crippen LogP contribution is 2.45. The molecule has 13 N–H and O–H groups in total. The summed E-state index contributed by atoms with van der Waals surface area (Å²) in [5.41, 5.74) is 19.7. The van der Waals surface area contributed by atoms with E-state index in [0.717, 1.165) is 213 Å². The van der Waals surface area contributed by atoms with E-state index in [9.17, 15) is 80.8 Å². The van der Waals surface area contributed by atoms with Crippen LogP contribution in [-0.2, 0) is 64.2 Å². The third kappa shape index (κ3) is 48.0. The Labute approximate surface area is 872 Å². The number of hydrogen-bond acceptors (Lipinski definition) is 15. The summed E-state index contributed by atoms with van der Waals surface area (Å²) < 4.78 is 12.4. The van der Waals surface area contributed by atoms with Gasteiger partial charge in [-0.25, -0.2) is 14.4 Å². The molecule has 0 saturated carbocycles. The van der Waals surface area contributed by atoms with Gasteiger partial charge >= 0.3 is 17.9 Å². The smallest absolute Gasteiger partial charge is 0.339 e. The van der Waals surface area contributed by atoms with E-state index in [4.69, 9.17) is 9.47 Å². The van der Waals surface area contributed by atoms with Crippen LogP contribution in [0.25, 0.3) is 12.2 Å². The van der Waals surface area contributed by atoms with Gasteiger partial charge in [-0.15, -0.1) is 0 Å². The van der Waals surface area contributed by atoms with Crippen molar-refractivity contribution in [2.24, 2.45) is 0 Å². The van der Waals surface area contributed by atoms with Gasteiger partial charge in [0, 0.05) is 22.3 Å². The second-order valence-corrected chi connectivity index (χ2v) is 41.3. The molecule has 0 bridgehead atoms. The predicted octanol–water partition coefficient (Wildman–Crippen LogP) is 34.6. The number of carboxylic acid groups (broad SMARTS) is 3. The van der Waals surface area contributed by atoms with Crippen molar-refractivity contribution in [2.75, 3.05) is 0 Å². The van der Waals surface area contributed by atoms with Gasteiger partial charge in [0.2, 0.25) is 0 Å². The minimum absolute atomic E-state index is 0.00115. The van der Waals surface area contributed by atoms with Gasteiger partial charge in [0.1, 0.15) is 96.9 Å². The van der Waals surface area contributed by atoms with Crippen LogP contribution in [0.1, 0.15) is 444 Å². The van der Waals surface area contributed by atoms with E-state index in [-0.39, 0.29) is 85.2 Å². The molecule has 18 nitrogen and oxygen atoms in total. The number of allylic oxidation sites excluding steroid dienone is 20. The Bertz CT molecular complexity index is 5430. The molecule has 2 aliphatic rings. The van der Waals surface area contributed by atoms with E-state index in [1.54, 1.807) is 36.4 Å². The SMILES string of the molecule is CCCCCc1cc(O)c(C/C=C(\C)CCC=C(C)C)c(O)c1.CCCCCc1cc(O)c(C/C=C(\C)CCC=C(C)C)c(O)c1C(=O)O.CCCCCc1cc(O)c2c(c1)OC(C)(CCC=C(C)C)C=C2.CCCCCc1cc2c(c(O)c1C(=O)O)C=CC(C)(CCC=C(C)C)O2.CCCCc1cc(O)c(C/C=C(\C)CCC=C(C)C)c(O)c1.CCCCc1cc(O)c(C/C=C(\C)CCC=C(C)C)c(O)c1C(=O)O. The Kier molecular flexibility index (Phi) is 59.6. The number of carboxylic acids is 3. The molecule has 6 aromatic carbocycles. The van der Waals surface area contributed by atoms with Gasteiger partial charge < -0.3 is 75.9 Å². The van der Waals surface area contributed by atoms with Crippen LogP contribution in [0.2, 0.25) is 0 Å². The number of unbranched alkanes of at least 4 members (excludes halogenated alkanes) is 10. The highest BCUT2D eigenvalue weighted by atomic mass is 16.5. The molecule has 18 heteroatoms. The first-order valence-corrected chi connectivity index (χ1v) is 53.5. The van der Waals surface area contributed by atoms with Crippen LogP contribution in [0.3, 0.4) is 0 Å². The average Bonchev–Trinajstić information content (AvgIpc) is 0.757. The fourth-order valence-corrected chi connectivity index (χ4v) is 16.9. The molecule has 0 spiro atoms. The molecule has 8 rings (SSSR count). The molecule has 0 radical (unpaired) electrons. The normalized spacial score (nSPS) is 13.9. The molecular weight excluding hydrogens is 1810 g/mol. The number of ether oxygens (including phenoxy) is 2. The number of carbonyl (C=O) groups is 3. The third-order valence-electron chi connectivity index (χ3n) is 25.8. The third-order valence-corrected chi connectivity index (χ3v) is 25.8. The van der Waals surface area contributed by atoms with Gasteiger partial charge in [-0.1, -0.05) is 222 Å². The molecule has 0 amide bonds. The summed E-state index contributed by atoms with van der Waals surface area (Å²) in [5.74, 6) is -1.73. The van der Waals surface area contributed by atoms with Gasteiger partial charge in [-0.05, 0) is 417 Å². The zero-order valence-electron chi connectivity index (χ0n) is 93.0. The Morgan fingerprint density at radius 1 is 0.276 bits per heavy atom. The first-order chi connectivity index (χ1) is 68.6. The van der Waals surface area contributed by atoms with E-state index in [0.29, 0.717) is 89.8 Å². The van der Waals surface area contributed by atoms with Crippen molar-refractivity contribution in [1.82, 2.24) is 0 Å². The van der Waals surface area contributed by atoms with Crippen LogP contribution >= 0.6 is 0 Å². The summed E-state index contributed by atoms with van der Waals surface area (Å²) in [6.07, 6.45) is 63.5. The van der Waals surface area contributed by atoms with Gasteiger partial charge in [-0.3, -0.25) is 0 Å². The quantitative estimate of drug-likeness (QED) is 0.0125. The molecule has 145 heavy (non-hydrogen) atoms. The Morgan fingerprint density at radius 3 is 0.841 bits per heavy atom. The summed E-state index contributed by atoms with van der Waals surface area (Å²) in [5, 5.41) is 131. The van der Waals surface area contributed by atoms with Gasteiger partial charge in [0.15, 0.2) is 0 Å². The number of phenols is 10. The number of hydrogen-bond donors (Lipinski definition) is 13. The first-order valence-electron chi connectivity index (χ1n) is 53.5. The summed E-state index contributed by atoms with van der Waals surface area (Å²) in [7, 11) is 0. The molecule has 2 unspecified atom stereocenters. The molecule has 800 valence electrons. The van der Waals surface area contributed by atoms with Gasteiger partial charge in [0.25, 0.3) is 0 Å². The second-order valence-electron chi connectivity index (χ2n) is 41.3. The molecule has 2 aliphatic heterocycles. The van der Waals surface area contributed by atoms with Gasteiger partial charge in [0.05, 0.1) is 11.1 Å². The lowest BCUT2D eigenvalue weighted by atomic mass is 9.91. The van der Waals surface area contributed by atoms with E-state index in [1.165, 1.54) is 82.4 Å². The van der Waals surface area contributed by atoms with Crippen molar-refractivity contribution < 1.29 is 90.2 Å². The van der Waals surface area contributed by atoms with Crippen LogP contribution in [0.15, 0.2) is 183 Å². The molecule has 2 atom stereocenters. The molecule has 0 saturated heterocycles. The van der Waals surface area contributed by atoms with E-state index >= 15 is 0 Å². The summed E-state index contributed by atoms with van der Waals surface area (Å²) in [6, 6.07) is 16.0. The monoisotopic (exact) mass is 2000 g/mol. The fourth-order valence-electron chi connectivity index (χ4n) is 16.9. The van der Waals surface area contributed by atoms with Crippen molar-refractivity contribution in [1.29, 1.82) is 0 Å². The van der Waals surface area contributed by atoms with Crippen LogP contribution in [0.4, 0.5) is 0 Å². The van der Waals surface area contributed by atoms with Crippen LogP contribution in [0.5, 0.6) is 69.0 Å². The lowest BCUT2D eigenvalue weighted by Crippen LogP contribution is -2.32. The topological polar surface area (TPSA) is 333 Å². The lowest BCUT2D eigenvalue weighted by molar-refractivity contribution is 0.0680. The molecular formula is C127H184O18. The fraction of sp³-hybridized carbons (Fsp3) is 0.504. The van der Waals surface area contributed by atoms with Crippen molar-refractivity contribution >= 4 is 30.1 Å². The molecule has 6 aromatic rings. The highest BCUT2D eigenvalue weighted by Gasteiger charge is 2.33. The molecule has 0 aliphatic carbocycles. The standard InChI is InChI=1S/C22H30O4.C22H32O4.C21H30O4.C21H30O2.C21H32O2.C20H30O2/c1-5-6-7-10-16-14-18-17(20(23)19(16)21(24)25)11-13-22(4,26-18)12-8-9-15(2)3;1-5-6-7-11-17-14-19(23)18(21(24)20(17)22(25)26)13-12-16(4)10-8-9-15(2)3;1-5-6-10-16-13-18(22)17(20(23)19(16)21(24)25)12-11-15(4)9-7-8-14(2)3;1-5-6-7-10-17-14-19(22)18-11-13-21(4,23-20(18)15-17)12-8-9-16(2)3;1-5-6-7-11-18-14-20(22)19(21(23)15-18)13-12-17(4)10-8-9-16(2)3;1-5-6-10-17-13-19(21)18(20(22)14-17)12-11-16(4)9-7-8-15(2)3/h9,11,13-14,23H,5-8,10,12H2,1-4H3,(H,24,25);9,12,14,23-24H,5-8,10-11,13H2,1-4H3,(H,25,26);8,11,13,22-23H,5-7,9-10,12H2,1-4H3,(H,24,25);9,11,13-15,22H,5-8,10,12H2,1-4H3;9,12,14-15,22-23H,5-8,10-11,13H2,1-4H3;8,11,13-14,21-22H,5-7,9-10,12H2,1-4H3/b;16-12+;15-11+;;17-12+;16-11+. The maximum Gasteiger partial charge on any atom is 0.339 e. The number of aromatic carboxylic acids is 3. The number of aryl methyl sites for hydroxylation is 6. The Morgan fingerprint density at radius 2 is 0.524 bits per heavy atom. The van der Waals surface area contributed by atoms with Crippen molar-refractivity contribution in [3.63, 3.8) is 0 Å². The van der Waals surface area contributed by atoms with Crippen LogP contribution in [0, 0.1) is 0 Å². The Hall–Kier alpha value is -11.8. The number of rotatable bonds is 51. The highest BCUT2D eigenvalue weighted by molar-refractivity contribution is 5.96.